The van der Waals surface area contributed by atoms with Crippen molar-refractivity contribution in [1.82, 2.24) is 0 Å². The van der Waals surface area contributed by atoms with Crippen molar-refractivity contribution >= 4 is 0 Å². The van der Waals surface area contributed by atoms with Crippen molar-refractivity contribution in [1.29, 1.82) is 0 Å². The van der Waals surface area contributed by atoms with Crippen molar-refractivity contribution in [2.24, 2.45) is 11.3 Å². The highest BCUT2D eigenvalue weighted by Gasteiger charge is 2.32. The summed E-state index contributed by atoms with van der Waals surface area (Å²) in [6.45, 7) is 6.93. The minimum Gasteiger partial charge on any atom is -0.469 e. The maximum absolute atomic E-state index is 5.40. The normalized spacial score (nSPS) is 22.8. The van der Waals surface area contributed by atoms with Crippen LogP contribution < -0.4 is 0 Å². The minimum absolute atomic E-state index is 0.418. The van der Waals surface area contributed by atoms with Crippen LogP contribution in [0.3, 0.4) is 0 Å². The van der Waals surface area contributed by atoms with E-state index in [1.165, 1.54) is 17.7 Å². The summed E-state index contributed by atoms with van der Waals surface area (Å²) in [7, 11) is 0. The molecule has 1 unspecified atom stereocenters. The molecule has 1 aliphatic rings. The van der Waals surface area contributed by atoms with Crippen molar-refractivity contribution in [2.75, 3.05) is 0 Å². The summed E-state index contributed by atoms with van der Waals surface area (Å²) in [4.78, 5) is 0. The molecular formula is C11H16O. The van der Waals surface area contributed by atoms with Gasteiger partial charge < -0.3 is 4.42 Å². The van der Waals surface area contributed by atoms with Gasteiger partial charge >= 0.3 is 0 Å². The smallest absolute Gasteiger partial charge is 0.107 e. The first-order chi connectivity index (χ1) is 5.57. The second-order valence-corrected chi connectivity index (χ2v) is 4.84. The second-order valence-electron chi connectivity index (χ2n) is 4.84. The Labute approximate surface area is 73.8 Å². The van der Waals surface area contributed by atoms with E-state index in [0.29, 0.717) is 5.41 Å². The molecule has 66 valence electrons. The molecule has 0 aromatic carbocycles. The van der Waals surface area contributed by atoms with Gasteiger partial charge in [-0.25, -0.2) is 0 Å². The first-order valence-electron chi connectivity index (χ1n) is 4.62. The quantitative estimate of drug-likeness (QED) is 0.574. The molecule has 0 aliphatic heterocycles. The monoisotopic (exact) mass is 164 g/mol. The van der Waals surface area contributed by atoms with Gasteiger partial charge in [0.25, 0.3) is 0 Å². The molecule has 0 fully saturated rings. The second kappa shape index (κ2) is 2.38. The lowest BCUT2D eigenvalue weighted by atomic mass is 9.79. The largest absolute Gasteiger partial charge is 0.469 e. The van der Waals surface area contributed by atoms with Crippen LogP contribution in [-0.4, -0.2) is 0 Å². The summed E-state index contributed by atoms with van der Waals surface area (Å²) in [5, 5.41) is 0. The third-order valence-electron chi connectivity index (χ3n) is 2.96. The predicted molar refractivity (Wildman–Crippen MR) is 49.1 cm³/mol. The Kier molecular flexibility index (Phi) is 1.57. The average Bonchev–Trinajstić information content (AvgIpc) is 2.37. The van der Waals surface area contributed by atoms with Gasteiger partial charge in [-0.15, -0.1) is 0 Å². The number of hydrogen-bond donors (Lipinski definition) is 0. The Morgan fingerprint density at radius 3 is 2.67 bits per heavy atom. The predicted octanol–water partition coefficient (Wildman–Crippen LogP) is 3.04. The molecule has 1 atom stereocenters. The van der Waals surface area contributed by atoms with Crippen molar-refractivity contribution in [3.63, 3.8) is 0 Å². The summed E-state index contributed by atoms with van der Waals surface area (Å²) in [6, 6.07) is 2.11. The van der Waals surface area contributed by atoms with E-state index in [9.17, 15) is 0 Å². The zero-order chi connectivity index (χ0) is 8.77. The minimum atomic E-state index is 0.418. The Hall–Kier alpha value is -0.720. The van der Waals surface area contributed by atoms with Crippen molar-refractivity contribution in [2.45, 2.75) is 33.6 Å². The van der Waals surface area contributed by atoms with E-state index < -0.39 is 0 Å². The number of fused-ring (bicyclic) bond motifs is 1. The molecule has 0 bridgehead atoms. The van der Waals surface area contributed by atoms with E-state index in [0.717, 1.165) is 12.3 Å². The van der Waals surface area contributed by atoms with Crippen LogP contribution >= 0.6 is 0 Å². The van der Waals surface area contributed by atoms with Gasteiger partial charge in [0.15, 0.2) is 0 Å². The Balaban J connectivity index is 2.18. The van der Waals surface area contributed by atoms with E-state index >= 15 is 0 Å². The standard InChI is InChI=1S/C11H16O/c1-11(2,3)9-6-8-4-5-12-10(8)7-9/h4-5,9H,6-7H2,1-3H3. The molecule has 12 heavy (non-hydrogen) atoms. The molecule has 2 rings (SSSR count). The maximum Gasteiger partial charge on any atom is 0.107 e. The lowest BCUT2D eigenvalue weighted by Crippen LogP contribution is -2.20. The van der Waals surface area contributed by atoms with Crippen LogP contribution in [0.4, 0.5) is 0 Å². The molecule has 1 aromatic heterocycles. The lowest BCUT2D eigenvalue weighted by Gasteiger charge is -2.26. The summed E-state index contributed by atoms with van der Waals surface area (Å²) >= 11 is 0. The molecule has 0 radical (unpaired) electrons. The SMILES string of the molecule is CC(C)(C)C1Cc2ccoc2C1. The summed E-state index contributed by atoms with van der Waals surface area (Å²) < 4.78 is 5.40. The summed E-state index contributed by atoms with van der Waals surface area (Å²) in [6.07, 6.45) is 4.14. The topological polar surface area (TPSA) is 13.1 Å². The molecule has 1 nitrogen and oxygen atoms in total. The molecule has 0 amide bonds. The Morgan fingerprint density at radius 1 is 1.33 bits per heavy atom. The first-order valence-corrected chi connectivity index (χ1v) is 4.62. The zero-order valence-electron chi connectivity index (χ0n) is 8.05. The fourth-order valence-electron chi connectivity index (χ4n) is 1.90. The van der Waals surface area contributed by atoms with Gasteiger partial charge in [-0.3, -0.25) is 0 Å². The van der Waals surface area contributed by atoms with Crippen LogP contribution in [0, 0.1) is 11.3 Å². The van der Waals surface area contributed by atoms with Crippen LogP contribution in [0.1, 0.15) is 32.1 Å². The molecule has 0 spiro atoms. The fourth-order valence-corrected chi connectivity index (χ4v) is 1.90. The molecule has 0 N–H and O–H groups in total. The maximum atomic E-state index is 5.40. The summed E-state index contributed by atoms with van der Waals surface area (Å²) in [5.74, 6) is 1.99. The van der Waals surface area contributed by atoms with E-state index in [1.807, 2.05) is 6.26 Å². The van der Waals surface area contributed by atoms with Crippen molar-refractivity contribution in [3.8, 4) is 0 Å². The molecule has 0 saturated heterocycles. The Bertz CT molecular complexity index is 257. The molecule has 1 heterocycles. The third kappa shape index (κ3) is 1.17. The van der Waals surface area contributed by atoms with Crippen molar-refractivity contribution < 1.29 is 4.42 Å². The van der Waals surface area contributed by atoms with Gasteiger partial charge in [-0.1, -0.05) is 20.8 Å². The third-order valence-corrected chi connectivity index (χ3v) is 2.96. The lowest BCUT2D eigenvalue weighted by molar-refractivity contribution is 0.243. The molecule has 0 saturated carbocycles. The zero-order valence-corrected chi connectivity index (χ0v) is 8.05. The highest BCUT2D eigenvalue weighted by atomic mass is 16.3. The van der Waals surface area contributed by atoms with E-state index in [4.69, 9.17) is 4.42 Å². The van der Waals surface area contributed by atoms with Gasteiger partial charge in [0.2, 0.25) is 0 Å². The summed E-state index contributed by atoms with van der Waals surface area (Å²) in [5.41, 5.74) is 1.84. The molecule has 1 aliphatic carbocycles. The van der Waals surface area contributed by atoms with E-state index in [-0.39, 0.29) is 0 Å². The average molecular weight is 164 g/mol. The first kappa shape index (κ1) is 7.90. The molecule has 1 aromatic rings. The number of hydrogen-bond acceptors (Lipinski definition) is 1. The highest BCUT2D eigenvalue weighted by molar-refractivity contribution is 5.24. The van der Waals surface area contributed by atoms with Crippen LogP contribution in [-0.2, 0) is 12.8 Å². The fraction of sp³-hybridized carbons (Fsp3) is 0.636. The van der Waals surface area contributed by atoms with Gasteiger partial charge in [-0.05, 0) is 29.4 Å². The van der Waals surface area contributed by atoms with Crippen LogP contribution in [0.25, 0.3) is 0 Å². The van der Waals surface area contributed by atoms with Gasteiger partial charge in [0.1, 0.15) is 5.76 Å². The number of rotatable bonds is 0. The molecular weight excluding hydrogens is 148 g/mol. The van der Waals surface area contributed by atoms with Gasteiger partial charge in [0.05, 0.1) is 6.26 Å². The van der Waals surface area contributed by atoms with Gasteiger partial charge in [0, 0.05) is 6.42 Å². The van der Waals surface area contributed by atoms with Crippen LogP contribution in [0.15, 0.2) is 16.7 Å². The van der Waals surface area contributed by atoms with Gasteiger partial charge in [-0.2, -0.15) is 0 Å². The Morgan fingerprint density at radius 2 is 2.08 bits per heavy atom. The highest BCUT2D eigenvalue weighted by Crippen LogP contribution is 2.38. The number of furan rings is 1. The molecule has 1 heteroatoms. The van der Waals surface area contributed by atoms with Crippen LogP contribution in [0.2, 0.25) is 0 Å². The van der Waals surface area contributed by atoms with E-state index in [2.05, 4.69) is 26.8 Å². The van der Waals surface area contributed by atoms with Crippen molar-refractivity contribution in [3.05, 3.63) is 23.7 Å². The van der Waals surface area contributed by atoms with E-state index in [1.54, 1.807) is 0 Å². The van der Waals surface area contributed by atoms with Crippen LogP contribution in [0.5, 0.6) is 0 Å².